The minimum atomic E-state index is -3.38. The molecule has 2 aliphatic rings. The zero-order valence-corrected chi connectivity index (χ0v) is 17.0. The first-order chi connectivity index (χ1) is 12.2. The average molecular weight is 383 g/mol. The van der Waals surface area contributed by atoms with Crippen molar-refractivity contribution in [1.82, 2.24) is 0 Å². The molecule has 2 fully saturated rings. The van der Waals surface area contributed by atoms with Crippen LogP contribution in [0.4, 0.5) is 0 Å². The summed E-state index contributed by atoms with van der Waals surface area (Å²) >= 11 is 0. The number of hydrogen-bond acceptors (Lipinski definition) is 7. The van der Waals surface area contributed by atoms with Crippen molar-refractivity contribution in [2.75, 3.05) is 34.1 Å². The summed E-state index contributed by atoms with van der Waals surface area (Å²) < 4.78 is 46.1. The number of methoxy groups -OCH3 is 2. The van der Waals surface area contributed by atoms with Crippen LogP contribution in [0.1, 0.15) is 13.8 Å². The third-order valence-corrected chi connectivity index (χ3v) is 6.32. The highest BCUT2D eigenvalue weighted by Crippen LogP contribution is 2.49. The fourth-order valence-electron chi connectivity index (χ4n) is 3.54. The van der Waals surface area contributed by atoms with Crippen molar-refractivity contribution in [3.8, 4) is 0 Å². The van der Waals surface area contributed by atoms with E-state index < -0.39 is 19.7 Å². The Labute approximate surface area is 159 Å². The van der Waals surface area contributed by atoms with Gasteiger partial charge in [0.25, 0.3) is 0 Å². The Hall–Kier alpha value is 0.185. The van der Waals surface area contributed by atoms with Crippen molar-refractivity contribution in [3.05, 3.63) is 0 Å². The highest BCUT2D eigenvalue weighted by molar-refractivity contribution is 7.53. The van der Waals surface area contributed by atoms with E-state index in [2.05, 4.69) is 0 Å². The molecule has 0 aromatic heterocycles. The zero-order valence-electron chi connectivity index (χ0n) is 16.1. The molecule has 26 heavy (non-hydrogen) atoms. The topological polar surface area (TPSA) is 72.5 Å². The molecule has 0 spiro atoms. The first kappa shape index (κ1) is 22.5. The number of ether oxygens (including phenoxy) is 4. The predicted octanol–water partition coefficient (Wildman–Crippen LogP) is 0.551. The lowest BCUT2D eigenvalue weighted by molar-refractivity contribution is -0.0225. The molecule has 5 radical (unpaired) electrons. The van der Waals surface area contributed by atoms with Gasteiger partial charge in [-0.1, -0.05) is 13.8 Å². The summed E-state index contributed by atoms with van der Waals surface area (Å²) in [4.78, 5) is 0. The quantitative estimate of drug-likeness (QED) is 0.426. The molecule has 7 nitrogen and oxygen atoms in total. The molecular weight excluding hydrogens is 356 g/mol. The lowest BCUT2D eigenvalue weighted by Crippen LogP contribution is -2.32. The van der Waals surface area contributed by atoms with Crippen LogP contribution in [-0.2, 0) is 32.6 Å². The van der Waals surface area contributed by atoms with Crippen LogP contribution in [0.5, 0.6) is 0 Å². The monoisotopic (exact) mass is 383 g/mol. The van der Waals surface area contributed by atoms with Crippen LogP contribution >= 0.6 is 7.60 Å². The minimum Gasteiger partial charge on any atom is -0.382 e. The maximum Gasteiger partial charge on any atom is 0.328 e. The van der Waals surface area contributed by atoms with E-state index in [0.717, 1.165) is 0 Å². The standard InChI is InChI=1S/C15H27B3O7P/c1-8-10(6-20-3)23-14(16)13(8)25-26(5,19)22-7-11-12(21-4)9(2)15(18-17)24-11/h8-15H,6-7H2,1-5H3/t8?,9-,10+,11+,12?,13-,14+,15+,26?/m0/s1. The molecule has 2 rings (SSSR count). The maximum absolute atomic E-state index is 12.8. The average Bonchev–Trinajstić information content (AvgIpc) is 3.04. The summed E-state index contributed by atoms with van der Waals surface area (Å²) in [5.74, 6) is -0.00485. The Bertz CT molecular complexity index is 500. The Kier molecular flexibility index (Phi) is 8.29. The van der Waals surface area contributed by atoms with Gasteiger partial charge in [0, 0.05) is 52.5 Å². The van der Waals surface area contributed by atoms with Crippen molar-refractivity contribution >= 4 is 30.3 Å². The van der Waals surface area contributed by atoms with Gasteiger partial charge in [0.15, 0.2) is 0 Å². The van der Waals surface area contributed by atoms with E-state index in [1.165, 1.54) is 13.8 Å². The van der Waals surface area contributed by atoms with Gasteiger partial charge < -0.3 is 28.0 Å². The van der Waals surface area contributed by atoms with Gasteiger partial charge in [0.2, 0.25) is 0 Å². The molecule has 2 heterocycles. The van der Waals surface area contributed by atoms with Gasteiger partial charge in [0.05, 0.1) is 38.7 Å². The van der Waals surface area contributed by atoms with Gasteiger partial charge in [-0.15, -0.1) is 0 Å². The van der Waals surface area contributed by atoms with E-state index in [0.29, 0.717) is 6.61 Å². The summed E-state index contributed by atoms with van der Waals surface area (Å²) in [6, 6.07) is -0.926. The Morgan fingerprint density at radius 2 is 1.77 bits per heavy atom. The van der Waals surface area contributed by atoms with Gasteiger partial charge in [-0.3, -0.25) is 4.57 Å². The van der Waals surface area contributed by atoms with E-state index in [9.17, 15) is 4.57 Å². The first-order valence-corrected chi connectivity index (χ1v) is 10.8. The maximum atomic E-state index is 12.8. The van der Waals surface area contributed by atoms with E-state index in [1.807, 2.05) is 13.8 Å². The molecular formula is C15H27B3O7P. The smallest absolute Gasteiger partial charge is 0.328 e. The van der Waals surface area contributed by atoms with Crippen molar-refractivity contribution in [3.63, 3.8) is 0 Å². The van der Waals surface area contributed by atoms with Gasteiger partial charge in [-0.05, 0) is 0 Å². The largest absolute Gasteiger partial charge is 0.382 e. The third-order valence-electron chi connectivity index (χ3n) is 5.07. The lowest BCUT2D eigenvalue weighted by Gasteiger charge is -2.26. The molecule has 143 valence electrons. The summed E-state index contributed by atoms with van der Waals surface area (Å²) in [7, 11) is 12.9. The molecule has 11 heteroatoms. The number of rotatable bonds is 9. The van der Waals surface area contributed by atoms with Gasteiger partial charge in [-0.25, -0.2) is 0 Å². The molecule has 2 aliphatic heterocycles. The van der Waals surface area contributed by atoms with E-state index in [4.69, 9.17) is 43.6 Å². The van der Waals surface area contributed by atoms with Gasteiger partial charge >= 0.3 is 7.60 Å². The normalized spacial score (nSPS) is 42.7. The van der Waals surface area contributed by atoms with Crippen LogP contribution in [0.25, 0.3) is 0 Å². The molecule has 0 aromatic rings. The van der Waals surface area contributed by atoms with Crippen molar-refractivity contribution < 1.29 is 32.6 Å². The molecule has 0 N–H and O–H groups in total. The fourth-order valence-corrected chi connectivity index (χ4v) is 4.77. The SMILES string of the molecule is [B][B][C@@H]1O[C@H](COP(C)(=O)O[C@H]2C(C)[C@@H](COC)O[C@H]2[B])C(OC)[C@@H]1C. The first-order valence-electron chi connectivity index (χ1n) is 8.77. The highest BCUT2D eigenvalue weighted by atomic mass is 31.2. The molecule has 0 bridgehead atoms. The second-order valence-electron chi connectivity index (χ2n) is 6.98. The molecule has 2 saturated heterocycles. The second kappa shape index (κ2) is 9.59. The predicted molar refractivity (Wildman–Crippen MR) is 99.9 cm³/mol. The van der Waals surface area contributed by atoms with Gasteiger partial charge in [0.1, 0.15) is 14.0 Å². The Balaban J connectivity index is 1.91. The Morgan fingerprint density at radius 3 is 2.35 bits per heavy atom. The number of hydrogen-bond donors (Lipinski definition) is 0. The van der Waals surface area contributed by atoms with E-state index >= 15 is 0 Å². The fraction of sp³-hybridized carbons (Fsp3) is 1.00. The van der Waals surface area contributed by atoms with Crippen molar-refractivity contribution in [2.45, 2.75) is 50.3 Å². The highest BCUT2D eigenvalue weighted by Gasteiger charge is 2.44. The summed E-state index contributed by atoms with van der Waals surface area (Å²) in [6.07, 6.45) is -1.35. The van der Waals surface area contributed by atoms with Crippen LogP contribution in [-0.4, -0.2) is 93.3 Å². The zero-order chi connectivity index (χ0) is 19.5. The van der Waals surface area contributed by atoms with Crippen LogP contribution < -0.4 is 0 Å². The summed E-state index contributed by atoms with van der Waals surface area (Å²) in [6.45, 7) is 5.79. The molecule has 9 atom stereocenters. The van der Waals surface area contributed by atoms with Crippen LogP contribution in [0.2, 0.25) is 0 Å². The van der Waals surface area contributed by atoms with Crippen LogP contribution in [0, 0.1) is 11.8 Å². The third kappa shape index (κ3) is 5.16. The molecule has 0 amide bonds. The van der Waals surface area contributed by atoms with Gasteiger partial charge in [-0.2, -0.15) is 0 Å². The van der Waals surface area contributed by atoms with Crippen molar-refractivity contribution in [2.24, 2.45) is 11.8 Å². The molecule has 0 aliphatic carbocycles. The van der Waals surface area contributed by atoms with Crippen LogP contribution in [0.3, 0.4) is 0 Å². The van der Waals surface area contributed by atoms with Crippen molar-refractivity contribution in [1.29, 1.82) is 0 Å². The summed E-state index contributed by atoms with van der Waals surface area (Å²) in [5.41, 5.74) is 0. The molecule has 0 saturated carbocycles. The molecule has 3 unspecified atom stereocenters. The second-order valence-corrected chi connectivity index (χ2v) is 8.99. The molecule has 0 aromatic carbocycles. The minimum absolute atomic E-state index is 0.0691. The van der Waals surface area contributed by atoms with E-state index in [1.54, 1.807) is 14.2 Å². The Morgan fingerprint density at radius 1 is 1.08 bits per heavy atom. The summed E-state index contributed by atoms with van der Waals surface area (Å²) in [5, 5.41) is 0. The van der Waals surface area contributed by atoms with Crippen LogP contribution in [0.15, 0.2) is 0 Å². The van der Waals surface area contributed by atoms with E-state index in [-0.39, 0.29) is 42.8 Å². The lowest BCUT2D eigenvalue weighted by atomic mass is 9.49.